The van der Waals surface area contributed by atoms with Crippen LogP contribution in [0.3, 0.4) is 0 Å². The fourth-order valence-corrected chi connectivity index (χ4v) is 3.67. The molecule has 2 heterocycles. The third kappa shape index (κ3) is 3.46. The summed E-state index contributed by atoms with van der Waals surface area (Å²) in [6.45, 7) is 5.12. The van der Waals surface area contributed by atoms with Gasteiger partial charge in [-0.25, -0.2) is 9.67 Å². The number of benzene rings is 1. The van der Waals surface area contributed by atoms with E-state index in [1.807, 2.05) is 29.8 Å². The molecular formula is C18H22N6S. The maximum absolute atomic E-state index is 4.80. The van der Waals surface area contributed by atoms with Gasteiger partial charge in [-0.1, -0.05) is 36.9 Å². The van der Waals surface area contributed by atoms with E-state index in [0.717, 1.165) is 47.0 Å². The molecule has 1 aliphatic carbocycles. The van der Waals surface area contributed by atoms with E-state index in [1.165, 1.54) is 12.8 Å². The second-order valence-corrected chi connectivity index (χ2v) is 7.32. The molecule has 1 fully saturated rings. The van der Waals surface area contributed by atoms with E-state index < -0.39 is 0 Å². The Morgan fingerprint density at radius 2 is 1.96 bits per heavy atom. The lowest BCUT2D eigenvalue weighted by atomic mass is 10.3. The number of hydrogen-bond acceptors (Lipinski definition) is 5. The second kappa shape index (κ2) is 7.00. The fraction of sp³-hybridized carbons (Fsp3) is 0.444. The van der Waals surface area contributed by atoms with Crippen LogP contribution < -0.4 is 0 Å². The molecule has 0 aliphatic heterocycles. The Labute approximate surface area is 151 Å². The summed E-state index contributed by atoms with van der Waals surface area (Å²) in [5.74, 6) is 4.34. The minimum atomic E-state index is 0.549. The summed E-state index contributed by atoms with van der Waals surface area (Å²) in [5.41, 5.74) is 1.08. The molecule has 25 heavy (non-hydrogen) atoms. The van der Waals surface area contributed by atoms with E-state index in [2.05, 4.69) is 33.8 Å². The monoisotopic (exact) mass is 354 g/mol. The quantitative estimate of drug-likeness (QED) is 0.605. The van der Waals surface area contributed by atoms with Gasteiger partial charge in [-0.15, -0.1) is 15.3 Å². The van der Waals surface area contributed by atoms with E-state index in [0.29, 0.717) is 5.92 Å². The van der Waals surface area contributed by atoms with Crippen LogP contribution in [0.2, 0.25) is 0 Å². The lowest BCUT2D eigenvalue weighted by Crippen LogP contribution is -2.04. The number of aromatic nitrogens is 6. The zero-order chi connectivity index (χ0) is 17.2. The van der Waals surface area contributed by atoms with Gasteiger partial charge in [0.2, 0.25) is 5.16 Å². The van der Waals surface area contributed by atoms with Crippen molar-refractivity contribution < 1.29 is 0 Å². The predicted octanol–water partition coefficient (Wildman–Crippen LogP) is 3.75. The molecule has 0 atom stereocenters. The number of aryl methyl sites for hydroxylation is 1. The SMILES string of the molecule is CCCn1c(C)nnc1CSc1nc(C2CC2)n(-c2ccccc2)n1. The normalized spacial score (nSPS) is 14.2. The van der Waals surface area contributed by atoms with Crippen LogP contribution in [0.1, 0.15) is 49.6 Å². The predicted molar refractivity (Wildman–Crippen MR) is 97.9 cm³/mol. The van der Waals surface area contributed by atoms with Crippen molar-refractivity contribution in [1.29, 1.82) is 0 Å². The maximum Gasteiger partial charge on any atom is 0.209 e. The van der Waals surface area contributed by atoms with Gasteiger partial charge >= 0.3 is 0 Å². The molecule has 0 bridgehead atoms. The highest BCUT2D eigenvalue weighted by Gasteiger charge is 2.30. The van der Waals surface area contributed by atoms with E-state index in [9.17, 15) is 0 Å². The Balaban J connectivity index is 1.56. The molecule has 3 aromatic rings. The standard InChI is InChI=1S/C18H22N6S/c1-3-11-23-13(2)20-21-16(23)12-25-18-19-17(14-9-10-14)24(22-18)15-7-5-4-6-8-15/h4-8,14H,3,9-12H2,1-2H3. The van der Waals surface area contributed by atoms with Gasteiger partial charge in [0.15, 0.2) is 0 Å². The zero-order valence-corrected chi connectivity index (χ0v) is 15.4. The molecule has 0 spiro atoms. The Hall–Kier alpha value is -2.15. The fourth-order valence-electron chi connectivity index (χ4n) is 2.91. The molecule has 0 amide bonds. The van der Waals surface area contributed by atoms with Gasteiger partial charge in [0.05, 0.1) is 11.4 Å². The molecule has 2 aromatic heterocycles. The number of para-hydroxylation sites is 1. The molecule has 0 radical (unpaired) electrons. The molecule has 6 nitrogen and oxygen atoms in total. The van der Waals surface area contributed by atoms with Crippen molar-refractivity contribution in [2.45, 2.75) is 56.5 Å². The summed E-state index contributed by atoms with van der Waals surface area (Å²) in [7, 11) is 0. The Bertz CT molecular complexity index is 850. The third-order valence-corrected chi connectivity index (χ3v) is 5.18. The zero-order valence-electron chi connectivity index (χ0n) is 14.6. The van der Waals surface area contributed by atoms with Crippen LogP contribution in [-0.4, -0.2) is 29.5 Å². The highest BCUT2D eigenvalue weighted by molar-refractivity contribution is 7.98. The lowest BCUT2D eigenvalue weighted by molar-refractivity contribution is 0.636. The van der Waals surface area contributed by atoms with Crippen molar-refractivity contribution >= 4 is 11.8 Å². The van der Waals surface area contributed by atoms with Crippen LogP contribution in [0, 0.1) is 6.92 Å². The average Bonchev–Trinajstić information content (AvgIpc) is 3.31. The summed E-state index contributed by atoms with van der Waals surface area (Å²) >= 11 is 1.64. The first-order valence-electron chi connectivity index (χ1n) is 8.80. The molecule has 1 saturated carbocycles. The van der Waals surface area contributed by atoms with Crippen LogP contribution in [0.15, 0.2) is 35.5 Å². The van der Waals surface area contributed by atoms with Gasteiger partial charge in [-0.3, -0.25) is 0 Å². The number of hydrogen-bond donors (Lipinski definition) is 0. The Morgan fingerprint density at radius 3 is 2.68 bits per heavy atom. The molecule has 7 heteroatoms. The van der Waals surface area contributed by atoms with Crippen molar-refractivity contribution in [1.82, 2.24) is 29.5 Å². The second-order valence-electron chi connectivity index (χ2n) is 6.38. The van der Waals surface area contributed by atoms with Gasteiger partial charge in [0.1, 0.15) is 17.5 Å². The molecule has 0 unspecified atom stereocenters. The minimum Gasteiger partial charge on any atom is -0.315 e. The van der Waals surface area contributed by atoms with Crippen molar-refractivity contribution in [3.8, 4) is 5.69 Å². The maximum atomic E-state index is 4.80. The molecule has 1 aliphatic rings. The van der Waals surface area contributed by atoms with E-state index in [1.54, 1.807) is 11.8 Å². The number of thioether (sulfide) groups is 1. The summed E-state index contributed by atoms with van der Waals surface area (Å²) in [4.78, 5) is 4.80. The van der Waals surface area contributed by atoms with Gasteiger partial charge in [-0.2, -0.15) is 0 Å². The van der Waals surface area contributed by atoms with Crippen LogP contribution in [0.5, 0.6) is 0 Å². The van der Waals surface area contributed by atoms with Gasteiger partial charge in [0, 0.05) is 12.5 Å². The molecule has 4 rings (SSSR count). The summed E-state index contributed by atoms with van der Waals surface area (Å²) in [6, 6.07) is 10.3. The lowest BCUT2D eigenvalue weighted by Gasteiger charge is -2.05. The van der Waals surface area contributed by atoms with Crippen molar-refractivity contribution in [3.63, 3.8) is 0 Å². The molecule has 1 aromatic carbocycles. The molecule has 0 N–H and O–H groups in total. The average molecular weight is 354 g/mol. The third-order valence-electron chi connectivity index (χ3n) is 4.35. The highest BCUT2D eigenvalue weighted by atomic mass is 32.2. The molecule has 0 saturated heterocycles. The topological polar surface area (TPSA) is 61.4 Å². The molecular weight excluding hydrogens is 332 g/mol. The summed E-state index contributed by atoms with van der Waals surface area (Å²) in [5, 5.41) is 14.1. The van der Waals surface area contributed by atoms with E-state index in [4.69, 9.17) is 10.1 Å². The van der Waals surface area contributed by atoms with Crippen LogP contribution >= 0.6 is 11.8 Å². The Kier molecular flexibility index (Phi) is 4.57. The van der Waals surface area contributed by atoms with Crippen molar-refractivity contribution in [3.05, 3.63) is 47.8 Å². The summed E-state index contributed by atoms with van der Waals surface area (Å²) < 4.78 is 4.19. The van der Waals surface area contributed by atoms with E-state index >= 15 is 0 Å². The van der Waals surface area contributed by atoms with Crippen molar-refractivity contribution in [2.75, 3.05) is 0 Å². The highest BCUT2D eigenvalue weighted by Crippen LogP contribution is 2.40. The first-order valence-corrected chi connectivity index (χ1v) is 9.78. The smallest absolute Gasteiger partial charge is 0.209 e. The first kappa shape index (κ1) is 16.3. The number of rotatable bonds is 7. The van der Waals surface area contributed by atoms with Gasteiger partial charge < -0.3 is 4.57 Å². The Morgan fingerprint density at radius 1 is 1.16 bits per heavy atom. The largest absolute Gasteiger partial charge is 0.315 e. The summed E-state index contributed by atoms with van der Waals surface area (Å²) in [6.07, 6.45) is 3.49. The van der Waals surface area contributed by atoms with Gasteiger partial charge in [-0.05, 0) is 38.3 Å². The first-order chi connectivity index (χ1) is 12.3. The minimum absolute atomic E-state index is 0.549. The van der Waals surface area contributed by atoms with Crippen molar-refractivity contribution in [2.24, 2.45) is 0 Å². The molecule has 130 valence electrons. The number of nitrogens with zero attached hydrogens (tertiary/aromatic N) is 6. The van der Waals surface area contributed by atoms with E-state index in [-0.39, 0.29) is 0 Å². The van der Waals surface area contributed by atoms with Crippen LogP contribution in [-0.2, 0) is 12.3 Å². The van der Waals surface area contributed by atoms with Crippen LogP contribution in [0.4, 0.5) is 0 Å². The van der Waals surface area contributed by atoms with Crippen LogP contribution in [0.25, 0.3) is 5.69 Å². The van der Waals surface area contributed by atoms with Gasteiger partial charge in [0.25, 0.3) is 0 Å².